The number of fused-ring (bicyclic) bond motifs is 1. The summed E-state index contributed by atoms with van der Waals surface area (Å²) in [6, 6.07) is 1.70. The van der Waals surface area contributed by atoms with Crippen molar-refractivity contribution in [2.24, 2.45) is 5.41 Å². The molecule has 1 atom stereocenters. The molecule has 0 bridgehead atoms. The Labute approximate surface area is 112 Å². The standard InChI is InChI=1S/C15H20O4/c1-8-10(4-5-16)9(7-17)6-11-12(8)14(19)15(2,3)13(11)18/h6,13,16-18H,4-5,7H2,1-3H3. The summed E-state index contributed by atoms with van der Waals surface area (Å²) in [4.78, 5) is 12.4. The van der Waals surface area contributed by atoms with E-state index < -0.39 is 11.5 Å². The third-order valence-corrected chi connectivity index (χ3v) is 4.16. The second kappa shape index (κ2) is 4.71. The molecule has 1 unspecified atom stereocenters. The molecule has 0 aromatic heterocycles. The summed E-state index contributed by atoms with van der Waals surface area (Å²) < 4.78 is 0. The number of hydrogen-bond donors (Lipinski definition) is 3. The van der Waals surface area contributed by atoms with E-state index in [1.54, 1.807) is 19.9 Å². The summed E-state index contributed by atoms with van der Waals surface area (Å²) in [5.74, 6) is -0.0730. The summed E-state index contributed by atoms with van der Waals surface area (Å²) in [6.45, 7) is 5.07. The van der Waals surface area contributed by atoms with Crippen molar-refractivity contribution in [3.05, 3.63) is 33.9 Å². The fraction of sp³-hybridized carbons (Fsp3) is 0.533. The first-order chi connectivity index (χ1) is 8.86. The highest BCUT2D eigenvalue weighted by atomic mass is 16.3. The van der Waals surface area contributed by atoms with Gasteiger partial charge in [0.05, 0.1) is 18.1 Å². The lowest BCUT2D eigenvalue weighted by Gasteiger charge is -2.20. The molecule has 0 spiro atoms. The van der Waals surface area contributed by atoms with Crippen molar-refractivity contribution in [1.82, 2.24) is 0 Å². The lowest BCUT2D eigenvalue weighted by Crippen LogP contribution is -2.23. The number of rotatable bonds is 3. The number of ketones is 1. The maximum absolute atomic E-state index is 12.4. The maximum atomic E-state index is 12.4. The molecule has 4 heteroatoms. The number of Topliss-reactive ketones (excluding diaryl/α,β-unsaturated/α-hetero) is 1. The zero-order chi connectivity index (χ0) is 14.4. The summed E-state index contributed by atoms with van der Waals surface area (Å²) in [5, 5.41) is 28.8. The van der Waals surface area contributed by atoms with Crippen LogP contribution in [0.5, 0.6) is 0 Å². The highest BCUT2D eigenvalue weighted by Crippen LogP contribution is 2.47. The number of aliphatic hydroxyl groups excluding tert-OH is 3. The van der Waals surface area contributed by atoms with Crippen LogP contribution in [0.15, 0.2) is 6.07 Å². The van der Waals surface area contributed by atoms with Crippen LogP contribution in [-0.4, -0.2) is 27.7 Å². The molecule has 1 aliphatic rings. The molecule has 19 heavy (non-hydrogen) atoms. The van der Waals surface area contributed by atoms with Crippen molar-refractivity contribution in [3.8, 4) is 0 Å². The Balaban J connectivity index is 2.70. The number of carbonyl (C=O) groups excluding carboxylic acids is 1. The van der Waals surface area contributed by atoms with E-state index in [9.17, 15) is 15.0 Å². The summed E-state index contributed by atoms with van der Waals surface area (Å²) in [6.07, 6.45) is -0.444. The van der Waals surface area contributed by atoms with Gasteiger partial charge in [-0.1, -0.05) is 0 Å². The molecule has 104 valence electrons. The first-order valence-electron chi connectivity index (χ1n) is 6.46. The van der Waals surface area contributed by atoms with E-state index in [4.69, 9.17) is 5.11 Å². The van der Waals surface area contributed by atoms with Crippen molar-refractivity contribution < 1.29 is 20.1 Å². The van der Waals surface area contributed by atoms with E-state index in [0.717, 1.165) is 11.1 Å². The SMILES string of the molecule is Cc1c(CCO)c(CO)cc2c1C(=O)C(C)(C)C2O. The van der Waals surface area contributed by atoms with Crippen LogP contribution in [0.2, 0.25) is 0 Å². The van der Waals surface area contributed by atoms with Crippen LogP contribution in [0.4, 0.5) is 0 Å². The van der Waals surface area contributed by atoms with Crippen LogP contribution in [0, 0.1) is 12.3 Å². The highest BCUT2D eigenvalue weighted by Gasteiger charge is 2.46. The van der Waals surface area contributed by atoms with Crippen molar-refractivity contribution in [1.29, 1.82) is 0 Å². The fourth-order valence-corrected chi connectivity index (χ4v) is 2.91. The van der Waals surface area contributed by atoms with Gasteiger partial charge in [0.2, 0.25) is 0 Å². The minimum atomic E-state index is -0.845. The molecule has 0 saturated heterocycles. The monoisotopic (exact) mass is 264 g/mol. The summed E-state index contributed by atoms with van der Waals surface area (Å²) in [5.41, 5.74) is 2.57. The van der Waals surface area contributed by atoms with Crippen molar-refractivity contribution in [3.63, 3.8) is 0 Å². The summed E-state index contributed by atoms with van der Waals surface area (Å²) >= 11 is 0. The molecule has 1 aromatic rings. The van der Waals surface area contributed by atoms with E-state index in [0.29, 0.717) is 23.1 Å². The molecule has 1 aliphatic carbocycles. The number of carbonyl (C=O) groups is 1. The molecule has 0 amide bonds. The molecule has 0 fully saturated rings. The van der Waals surface area contributed by atoms with Gasteiger partial charge in [0.25, 0.3) is 0 Å². The second-order valence-corrected chi connectivity index (χ2v) is 5.69. The Bertz CT molecular complexity index is 531. The van der Waals surface area contributed by atoms with Gasteiger partial charge in [-0.25, -0.2) is 0 Å². The van der Waals surface area contributed by atoms with E-state index in [1.165, 1.54) is 0 Å². The quantitative estimate of drug-likeness (QED) is 0.768. The largest absolute Gasteiger partial charge is 0.396 e. The predicted molar refractivity (Wildman–Crippen MR) is 71.0 cm³/mol. The molecule has 0 aliphatic heterocycles. The molecular formula is C15H20O4. The Morgan fingerprint density at radius 1 is 1.32 bits per heavy atom. The van der Waals surface area contributed by atoms with Gasteiger partial charge in [0, 0.05) is 12.2 Å². The molecule has 1 aromatic carbocycles. The zero-order valence-corrected chi connectivity index (χ0v) is 11.5. The smallest absolute Gasteiger partial charge is 0.172 e. The van der Waals surface area contributed by atoms with E-state index in [1.807, 2.05) is 6.92 Å². The fourth-order valence-electron chi connectivity index (χ4n) is 2.91. The number of aliphatic hydroxyl groups is 3. The minimum absolute atomic E-state index is 0.0350. The Hall–Kier alpha value is -1.23. The molecular weight excluding hydrogens is 244 g/mol. The average Bonchev–Trinajstić information content (AvgIpc) is 2.54. The first-order valence-corrected chi connectivity index (χ1v) is 6.46. The van der Waals surface area contributed by atoms with E-state index in [2.05, 4.69) is 0 Å². The predicted octanol–water partition coefficient (Wildman–Crippen LogP) is 1.28. The number of hydrogen-bond acceptors (Lipinski definition) is 4. The number of benzene rings is 1. The van der Waals surface area contributed by atoms with E-state index >= 15 is 0 Å². The van der Waals surface area contributed by atoms with Gasteiger partial charge in [-0.3, -0.25) is 4.79 Å². The van der Waals surface area contributed by atoms with Gasteiger partial charge in [-0.15, -0.1) is 0 Å². The normalized spacial score (nSPS) is 20.7. The van der Waals surface area contributed by atoms with Crippen LogP contribution >= 0.6 is 0 Å². The molecule has 0 heterocycles. The Morgan fingerprint density at radius 3 is 2.47 bits per heavy atom. The van der Waals surface area contributed by atoms with Gasteiger partial charge >= 0.3 is 0 Å². The van der Waals surface area contributed by atoms with Gasteiger partial charge in [0.15, 0.2) is 5.78 Å². The molecule has 4 nitrogen and oxygen atoms in total. The zero-order valence-electron chi connectivity index (χ0n) is 11.5. The molecule has 2 rings (SSSR count). The minimum Gasteiger partial charge on any atom is -0.396 e. The third-order valence-electron chi connectivity index (χ3n) is 4.16. The average molecular weight is 264 g/mol. The van der Waals surface area contributed by atoms with Crippen LogP contribution in [0.1, 0.15) is 52.6 Å². The van der Waals surface area contributed by atoms with Crippen LogP contribution in [0.25, 0.3) is 0 Å². The highest BCUT2D eigenvalue weighted by molar-refractivity contribution is 6.06. The molecule has 0 radical (unpaired) electrons. The molecule has 0 saturated carbocycles. The van der Waals surface area contributed by atoms with Gasteiger partial charge in [-0.2, -0.15) is 0 Å². The second-order valence-electron chi connectivity index (χ2n) is 5.69. The lowest BCUT2D eigenvalue weighted by molar-refractivity contribution is 0.0491. The van der Waals surface area contributed by atoms with E-state index in [-0.39, 0.29) is 19.0 Å². The van der Waals surface area contributed by atoms with Gasteiger partial charge in [0.1, 0.15) is 0 Å². The first kappa shape index (κ1) is 14.2. The van der Waals surface area contributed by atoms with Crippen molar-refractivity contribution in [2.45, 2.75) is 39.9 Å². The Kier molecular flexibility index (Phi) is 3.51. The maximum Gasteiger partial charge on any atom is 0.172 e. The van der Waals surface area contributed by atoms with Gasteiger partial charge in [-0.05, 0) is 55.5 Å². The molecule has 3 N–H and O–H groups in total. The topological polar surface area (TPSA) is 77.8 Å². The van der Waals surface area contributed by atoms with Crippen LogP contribution < -0.4 is 0 Å². The third kappa shape index (κ3) is 1.91. The lowest BCUT2D eigenvalue weighted by atomic mass is 9.86. The van der Waals surface area contributed by atoms with Gasteiger partial charge < -0.3 is 15.3 Å². The van der Waals surface area contributed by atoms with Crippen LogP contribution in [-0.2, 0) is 13.0 Å². The van der Waals surface area contributed by atoms with Crippen molar-refractivity contribution in [2.75, 3.05) is 6.61 Å². The van der Waals surface area contributed by atoms with Crippen LogP contribution in [0.3, 0.4) is 0 Å². The Morgan fingerprint density at radius 2 is 1.95 bits per heavy atom. The van der Waals surface area contributed by atoms with Crippen molar-refractivity contribution >= 4 is 5.78 Å². The summed E-state index contributed by atoms with van der Waals surface area (Å²) in [7, 11) is 0.